The van der Waals surface area contributed by atoms with Crippen LogP contribution < -0.4 is 5.32 Å². The van der Waals surface area contributed by atoms with E-state index < -0.39 is 0 Å². The number of likely N-dealkylation sites (tertiary alicyclic amines) is 1. The smallest absolute Gasteiger partial charge is 0.409 e. The Morgan fingerprint density at radius 1 is 1.21 bits per heavy atom. The monoisotopic (exact) mass is 266 g/mol. The van der Waals surface area contributed by atoms with Gasteiger partial charge in [0.15, 0.2) is 0 Å². The molecule has 1 aliphatic carbocycles. The first-order valence-electron chi connectivity index (χ1n) is 6.91. The Labute approximate surface area is 114 Å². The van der Waals surface area contributed by atoms with E-state index in [9.17, 15) is 9.59 Å². The molecule has 0 aromatic rings. The predicted molar refractivity (Wildman–Crippen MR) is 71.6 cm³/mol. The fourth-order valence-electron chi connectivity index (χ4n) is 2.44. The summed E-state index contributed by atoms with van der Waals surface area (Å²) in [7, 11) is 1.39. The molecule has 0 unspecified atom stereocenters. The zero-order chi connectivity index (χ0) is 13.8. The van der Waals surface area contributed by atoms with Crippen molar-refractivity contribution in [3.63, 3.8) is 0 Å². The molecule has 2 fully saturated rings. The molecule has 2 rings (SSSR count). The first kappa shape index (κ1) is 13.9. The number of nitrogens with one attached hydrogen (secondary N) is 1. The van der Waals surface area contributed by atoms with Gasteiger partial charge < -0.3 is 15.0 Å². The summed E-state index contributed by atoms with van der Waals surface area (Å²) in [4.78, 5) is 24.8. The van der Waals surface area contributed by atoms with Crippen molar-refractivity contribution in [3.8, 4) is 0 Å². The van der Waals surface area contributed by atoms with Crippen LogP contribution in [0.25, 0.3) is 0 Å². The minimum absolute atomic E-state index is 0.000850. The molecule has 2 amide bonds. The van der Waals surface area contributed by atoms with Crippen LogP contribution in [-0.4, -0.2) is 43.1 Å². The van der Waals surface area contributed by atoms with E-state index in [0.29, 0.717) is 19.0 Å². The highest BCUT2D eigenvalue weighted by atomic mass is 16.5. The number of amides is 2. The summed E-state index contributed by atoms with van der Waals surface area (Å²) >= 11 is 0. The van der Waals surface area contributed by atoms with Crippen LogP contribution >= 0.6 is 0 Å². The van der Waals surface area contributed by atoms with Crippen LogP contribution in [0.4, 0.5) is 4.79 Å². The topological polar surface area (TPSA) is 58.6 Å². The Balaban J connectivity index is 1.74. The number of carbonyl (C=O) groups is 2. The fraction of sp³-hybridized carbons (Fsp3) is 0.714. The highest BCUT2D eigenvalue weighted by Gasteiger charge is 2.25. The average molecular weight is 266 g/mol. The van der Waals surface area contributed by atoms with Gasteiger partial charge in [0.05, 0.1) is 7.11 Å². The highest BCUT2D eigenvalue weighted by Crippen LogP contribution is 2.35. The fourth-order valence-corrected chi connectivity index (χ4v) is 2.44. The van der Waals surface area contributed by atoms with Crippen molar-refractivity contribution in [1.29, 1.82) is 0 Å². The number of piperidine rings is 1. The third kappa shape index (κ3) is 3.98. The third-order valence-corrected chi connectivity index (χ3v) is 3.85. The lowest BCUT2D eigenvalue weighted by atomic mass is 10.1. The maximum absolute atomic E-state index is 11.8. The molecule has 1 heterocycles. The first-order chi connectivity index (χ1) is 9.10. The largest absolute Gasteiger partial charge is 0.453 e. The van der Waals surface area contributed by atoms with Gasteiger partial charge in [0.1, 0.15) is 0 Å². The average Bonchev–Trinajstić information content (AvgIpc) is 3.22. The molecule has 0 bridgehead atoms. The summed E-state index contributed by atoms with van der Waals surface area (Å²) in [5, 5.41) is 3.02. The molecule has 1 aliphatic heterocycles. The van der Waals surface area contributed by atoms with Gasteiger partial charge in [0, 0.05) is 25.2 Å². The van der Waals surface area contributed by atoms with Gasteiger partial charge >= 0.3 is 6.09 Å². The Bertz CT molecular complexity index is 380. The number of methoxy groups -OCH3 is 1. The SMILES string of the molecule is COC(=O)N1CCC(NC(=O)/C=C(\C)C2CC2)CC1. The van der Waals surface area contributed by atoms with Crippen LogP contribution in [0, 0.1) is 5.92 Å². The Morgan fingerprint density at radius 3 is 2.37 bits per heavy atom. The summed E-state index contributed by atoms with van der Waals surface area (Å²) in [6.45, 7) is 3.31. The summed E-state index contributed by atoms with van der Waals surface area (Å²) in [6, 6.07) is 0.164. The minimum Gasteiger partial charge on any atom is -0.453 e. The second-order valence-corrected chi connectivity index (χ2v) is 5.40. The van der Waals surface area contributed by atoms with Gasteiger partial charge in [-0.3, -0.25) is 4.79 Å². The van der Waals surface area contributed by atoms with E-state index in [2.05, 4.69) is 10.1 Å². The van der Waals surface area contributed by atoms with Crippen molar-refractivity contribution in [3.05, 3.63) is 11.6 Å². The maximum Gasteiger partial charge on any atom is 0.409 e. The van der Waals surface area contributed by atoms with E-state index >= 15 is 0 Å². The quantitative estimate of drug-likeness (QED) is 0.791. The van der Waals surface area contributed by atoms with E-state index in [1.54, 1.807) is 11.0 Å². The third-order valence-electron chi connectivity index (χ3n) is 3.85. The van der Waals surface area contributed by atoms with Crippen molar-refractivity contribution in [2.75, 3.05) is 20.2 Å². The molecule has 0 radical (unpaired) electrons. The molecule has 0 spiro atoms. The van der Waals surface area contributed by atoms with Crippen LogP contribution in [0.5, 0.6) is 0 Å². The zero-order valence-corrected chi connectivity index (χ0v) is 11.6. The van der Waals surface area contributed by atoms with Gasteiger partial charge in [0.2, 0.25) is 5.91 Å². The second kappa shape index (κ2) is 6.08. The summed E-state index contributed by atoms with van der Waals surface area (Å²) in [5.74, 6) is 0.632. The van der Waals surface area contributed by atoms with Crippen LogP contribution in [0.1, 0.15) is 32.6 Å². The summed E-state index contributed by atoms with van der Waals surface area (Å²) < 4.78 is 4.68. The molecule has 106 valence electrons. The second-order valence-electron chi connectivity index (χ2n) is 5.40. The lowest BCUT2D eigenvalue weighted by Crippen LogP contribution is -2.46. The predicted octanol–water partition coefficient (Wildman–Crippen LogP) is 1.69. The summed E-state index contributed by atoms with van der Waals surface area (Å²) in [5.41, 5.74) is 1.18. The maximum atomic E-state index is 11.8. The van der Waals surface area contributed by atoms with Gasteiger partial charge in [-0.25, -0.2) is 4.79 Å². The van der Waals surface area contributed by atoms with Crippen LogP contribution in [0.3, 0.4) is 0 Å². The number of hydrogen-bond donors (Lipinski definition) is 1. The van der Waals surface area contributed by atoms with E-state index in [1.807, 2.05) is 6.92 Å². The number of hydrogen-bond acceptors (Lipinski definition) is 3. The standard InChI is InChI=1S/C14H22N2O3/c1-10(11-3-4-11)9-13(17)15-12-5-7-16(8-6-12)14(18)19-2/h9,11-12H,3-8H2,1-2H3,(H,15,17)/b10-9+. The van der Waals surface area contributed by atoms with E-state index in [4.69, 9.17) is 0 Å². The van der Waals surface area contributed by atoms with E-state index in [1.165, 1.54) is 25.5 Å². The molecule has 0 aromatic heterocycles. The molecule has 5 heteroatoms. The molecule has 0 aromatic carbocycles. The Kier molecular flexibility index (Phi) is 4.45. The van der Waals surface area contributed by atoms with E-state index in [-0.39, 0.29) is 18.0 Å². The molecule has 2 aliphatic rings. The van der Waals surface area contributed by atoms with E-state index in [0.717, 1.165) is 12.8 Å². The Hall–Kier alpha value is -1.52. The van der Waals surface area contributed by atoms with Gasteiger partial charge in [-0.05, 0) is 38.5 Å². The lowest BCUT2D eigenvalue weighted by Gasteiger charge is -2.31. The zero-order valence-electron chi connectivity index (χ0n) is 11.6. The van der Waals surface area contributed by atoms with Crippen molar-refractivity contribution < 1.29 is 14.3 Å². The summed E-state index contributed by atoms with van der Waals surface area (Å²) in [6.07, 6.45) is 5.45. The van der Waals surface area contributed by atoms with Crippen LogP contribution in [0.2, 0.25) is 0 Å². The Morgan fingerprint density at radius 2 is 1.84 bits per heavy atom. The van der Waals surface area contributed by atoms with Crippen molar-refractivity contribution >= 4 is 12.0 Å². The normalized spacial score (nSPS) is 21.2. The van der Waals surface area contributed by atoms with Gasteiger partial charge in [0.25, 0.3) is 0 Å². The molecule has 19 heavy (non-hydrogen) atoms. The molecule has 5 nitrogen and oxygen atoms in total. The molecule has 1 saturated carbocycles. The highest BCUT2D eigenvalue weighted by molar-refractivity contribution is 5.88. The first-order valence-corrected chi connectivity index (χ1v) is 6.91. The van der Waals surface area contributed by atoms with Gasteiger partial charge in [-0.15, -0.1) is 0 Å². The van der Waals surface area contributed by atoms with Crippen LogP contribution in [0.15, 0.2) is 11.6 Å². The van der Waals surface area contributed by atoms with Gasteiger partial charge in [-0.1, -0.05) is 5.57 Å². The minimum atomic E-state index is -0.283. The van der Waals surface area contributed by atoms with Gasteiger partial charge in [-0.2, -0.15) is 0 Å². The van der Waals surface area contributed by atoms with Crippen molar-refractivity contribution in [1.82, 2.24) is 10.2 Å². The lowest BCUT2D eigenvalue weighted by molar-refractivity contribution is -0.117. The van der Waals surface area contributed by atoms with Crippen molar-refractivity contribution in [2.24, 2.45) is 5.92 Å². The molecule has 1 N–H and O–H groups in total. The van der Waals surface area contributed by atoms with Crippen molar-refractivity contribution in [2.45, 2.75) is 38.6 Å². The molecule has 0 atom stereocenters. The number of ether oxygens (including phenoxy) is 1. The molecular weight excluding hydrogens is 244 g/mol. The number of nitrogens with zero attached hydrogens (tertiary/aromatic N) is 1. The number of carbonyl (C=O) groups excluding carboxylic acids is 2. The molecular formula is C14H22N2O3. The number of rotatable bonds is 3. The molecule has 1 saturated heterocycles. The van der Waals surface area contributed by atoms with Crippen LogP contribution in [-0.2, 0) is 9.53 Å². The number of allylic oxidation sites excluding steroid dienone is 1.